The zero-order valence-electron chi connectivity index (χ0n) is 16.4. The summed E-state index contributed by atoms with van der Waals surface area (Å²) >= 11 is 0. The van der Waals surface area contributed by atoms with Crippen molar-refractivity contribution in [3.05, 3.63) is 53.5 Å². The van der Waals surface area contributed by atoms with Crippen molar-refractivity contribution >= 4 is 42.3 Å². The van der Waals surface area contributed by atoms with E-state index in [0.29, 0.717) is 44.0 Å². The first-order valence-electron chi connectivity index (χ1n) is 9.27. The number of nitrogens with zero attached hydrogens (tertiary/aromatic N) is 2. The summed E-state index contributed by atoms with van der Waals surface area (Å²) in [6, 6.07) is 9.53. The molecule has 1 saturated heterocycles. The van der Waals surface area contributed by atoms with Gasteiger partial charge in [0.05, 0.1) is 18.7 Å². The van der Waals surface area contributed by atoms with Crippen molar-refractivity contribution < 1.29 is 14.0 Å². The number of hydrogen-bond acceptors (Lipinski definition) is 5. The van der Waals surface area contributed by atoms with Crippen molar-refractivity contribution in [1.82, 2.24) is 9.80 Å². The Hall–Kier alpha value is -2.06. The Kier molecular flexibility index (Phi) is 10.2. The minimum absolute atomic E-state index is 0. The number of carbonyl (C=O) groups excluding carboxylic acids is 2. The highest BCUT2D eigenvalue weighted by molar-refractivity contribution is 5.94. The molecule has 29 heavy (non-hydrogen) atoms. The van der Waals surface area contributed by atoms with Gasteiger partial charge < -0.3 is 20.4 Å². The van der Waals surface area contributed by atoms with Gasteiger partial charge in [0.15, 0.2) is 0 Å². The normalized spacial score (nSPS) is 13.9. The molecule has 0 spiro atoms. The summed E-state index contributed by atoms with van der Waals surface area (Å²) in [7, 11) is 0. The van der Waals surface area contributed by atoms with Crippen LogP contribution in [0.25, 0.3) is 0 Å². The third-order valence-corrected chi connectivity index (χ3v) is 4.80. The largest absolute Gasteiger partial charge is 0.467 e. The Bertz CT molecular complexity index is 805. The monoisotopic (exact) mass is 442 g/mol. The molecule has 2 heterocycles. The average Bonchev–Trinajstić information content (AvgIpc) is 3.17. The summed E-state index contributed by atoms with van der Waals surface area (Å²) in [5.74, 6) is 0.513. The standard InChI is InChI=1S/C20H26N4O3.2ClH/c1-2-15-5-3-4-6-18(15)22-19(25)13-23-7-9-24(10-8-23)20(26)16-11-17(12-21)27-14-16;;/h3-6,11,14H,2,7-10,12-13,21H2,1H3,(H,22,25);2*1H. The number of furan rings is 1. The first-order valence-corrected chi connectivity index (χ1v) is 9.27. The minimum atomic E-state index is -0.0561. The van der Waals surface area contributed by atoms with Gasteiger partial charge in [0, 0.05) is 31.9 Å². The summed E-state index contributed by atoms with van der Waals surface area (Å²) in [5.41, 5.74) is 8.04. The van der Waals surface area contributed by atoms with Crippen molar-refractivity contribution in [3.63, 3.8) is 0 Å². The third-order valence-electron chi connectivity index (χ3n) is 4.80. The van der Waals surface area contributed by atoms with Crippen molar-refractivity contribution in [2.45, 2.75) is 19.9 Å². The molecule has 0 radical (unpaired) electrons. The molecule has 0 atom stereocenters. The van der Waals surface area contributed by atoms with E-state index in [1.165, 1.54) is 6.26 Å². The summed E-state index contributed by atoms with van der Waals surface area (Å²) < 4.78 is 5.24. The van der Waals surface area contributed by atoms with E-state index >= 15 is 0 Å². The fraction of sp³-hybridized carbons (Fsp3) is 0.400. The van der Waals surface area contributed by atoms with Gasteiger partial charge in [-0.25, -0.2) is 0 Å². The van der Waals surface area contributed by atoms with Crippen molar-refractivity contribution in [3.8, 4) is 0 Å². The number of aryl methyl sites for hydroxylation is 1. The molecule has 0 saturated carbocycles. The van der Waals surface area contributed by atoms with Crippen LogP contribution in [0, 0.1) is 0 Å². The van der Waals surface area contributed by atoms with Crippen molar-refractivity contribution in [2.24, 2.45) is 5.73 Å². The Labute approximate surface area is 183 Å². The van der Waals surface area contributed by atoms with Gasteiger partial charge in [-0.1, -0.05) is 25.1 Å². The van der Waals surface area contributed by atoms with Gasteiger partial charge in [-0.05, 0) is 24.1 Å². The van der Waals surface area contributed by atoms with Gasteiger partial charge in [-0.2, -0.15) is 0 Å². The van der Waals surface area contributed by atoms with Gasteiger partial charge >= 0.3 is 0 Å². The topological polar surface area (TPSA) is 91.8 Å². The molecule has 1 aromatic carbocycles. The molecule has 0 unspecified atom stereocenters. The Morgan fingerprint density at radius 2 is 1.83 bits per heavy atom. The predicted molar refractivity (Wildman–Crippen MR) is 118 cm³/mol. The first kappa shape index (κ1) is 25.0. The van der Waals surface area contributed by atoms with Crippen LogP contribution in [-0.4, -0.2) is 54.3 Å². The van der Waals surface area contributed by atoms with E-state index in [2.05, 4.69) is 17.1 Å². The van der Waals surface area contributed by atoms with E-state index < -0.39 is 0 Å². The molecule has 3 rings (SSSR count). The summed E-state index contributed by atoms with van der Waals surface area (Å²) in [6.07, 6.45) is 2.33. The molecule has 0 bridgehead atoms. The number of halogens is 2. The average molecular weight is 443 g/mol. The van der Waals surface area contributed by atoms with Crippen LogP contribution >= 0.6 is 24.8 Å². The Balaban J connectivity index is 0.00000210. The van der Waals surface area contributed by atoms with Gasteiger partial charge in [0.1, 0.15) is 12.0 Å². The molecule has 2 amide bonds. The van der Waals surface area contributed by atoms with Crippen LogP contribution in [-0.2, 0) is 17.8 Å². The number of hydrogen-bond donors (Lipinski definition) is 2. The fourth-order valence-electron chi connectivity index (χ4n) is 3.23. The quantitative estimate of drug-likeness (QED) is 0.716. The minimum Gasteiger partial charge on any atom is -0.467 e. The number of benzene rings is 1. The van der Waals surface area contributed by atoms with E-state index in [-0.39, 0.29) is 43.2 Å². The molecular formula is C20H28Cl2N4O3. The summed E-state index contributed by atoms with van der Waals surface area (Å²) in [5, 5.41) is 2.99. The van der Waals surface area contributed by atoms with Gasteiger partial charge in [-0.15, -0.1) is 24.8 Å². The van der Waals surface area contributed by atoms with Gasteiger partial charge in [0.2, 0.25) is 5.91 Å². The van der Waals surface area contributed by atoms with Crippen LogP contribution < -0.4 is 11.1 Å². The molecule has 1 aliphatic rings. The van der Waals surface area contributed by atoms with E-state index in [1.807, 2.05) is 24.3 Å². The number of nitrogens with two attached hydrogens (primary N) is 1. The highest BCUT2D eigenvalue weighted by atomic mass is 35.5. The summed E-state index contributed by atoms with van der Waals surface area (Å²) in [4.78, 5) is 28.7. The first-order chi connectivity index (χ1) is 13.1. The van der Waals surface area contributed by atoms with Crippen LogP contribution in [0.2, 0.25) is 0 Å². The number of piperazine rings is 1. The van der Waals surface area contributed by atoms with E-state index in [4.69, 9.17) is 10.2 Å². The molecule has 3 N–H and O–H groups in total. The molecular weight excluding hydrogens is 415 g/mol. The predicted octanol–water partition coefficient (Wildman–Crippen LogP) is 2.54. The zero-order chi connectivity index (χ0) is 19.2. The van der Waals surface area contributed by atoms with Crippen molar-refractivity contribution in [1.29, 1.82) is 0 Å². The second kappa shape index (κ2) is 11.8. The van der Waals surface area contributed by atoms with E-state index in [1.54, 1.807) is 11.0 Å². The fourth-order valence-corrected chi connectivity index (χ4v) is 3.23. The molecule has 160 valence electrons. The highest BCUT2D eigenvalue weighted by Gasteiger charge is 2.24. The molecule has 9 heteroatoms. The lowest BCUT2D eigenvalue weighted by atomic mass is 10.1. The van der Waals surface area contributed by atoms with Crippen LogP contribution in [0.3, 0.4) is 0 Å². The number of nitrogens with one attached hydrogen (secondary N) is 1. The number of amides is 2. The lowest BCUT2D eigenvalue weighted by molar-refractivity contribution is -0.117. The van der Waals surface area contributed by atoms with Gasteiger partial charge in [-0.3, -0.25) is 14.5 Å². The van der Waals surface area contributed by atoms with E-state index in [9.17, 15) is 9.59 Å². The highest BCUT2D eigenvalue weighted by Crippen LogP contribution is 2.16. The van der Waals surface area contributed by atoms with E-state index in [0.717, 1.165) is 17.7 Å². The van der Waals surface area contributed by atoms with Crippen molar-refractivity contribution in [2.75, 3.05) is 38.0 Å². The van der Waals surface area contributed by atoms with Crippen LogP contribution in [0.1, 0.15) is 28.6 Å². The lowest BCUT2D eigenvalue weighted by Crippen LogP contribution is -2.50. The lowest BCUT2D eigenvalue weighted by Gasteiger charge is -2.34. The number of carbonyl (C=O) groups is 2. The SMILES string of the molecule is CCc1ccccc1NC(=O)CN1CCN(C(=O)c2coc(CN)c2)CC1.Cl.Cl. The molecule has 0 aliphatic carbocycles. The molecule has 7 nitrogen and oxygen atoms in total. The maximum absolute atomic E-state index is 12.5. The summed E-state index contributed by atoms with van der Waals surface area (Å²) in [6.45, 7) is 5.16. The maximum Gasteiger partial charge on any atom is 0.257 e. The van der Waals surface area contributed by atoms with Crippen LogP contribution in [0.5, 0.6) is 0 Å². The van der Waals surface area contributed by atoms with Crippen LogP contribution in [0.4, 0.5) is 5.69 Å². The second-order valence-electron chi connectivity index (χ2n) is 6.63. The zero-order valence-corrected chi connectivity index (χ0v) is 18.1. The molecule has 1 fully saturated rings. The molecule has 1 aromatic heterocycles. The number of para-hydroxylation sites is 1. The van der Waals surface area contributed by atoms with Gasteiger partial charge in [0.25, 0.3) is 5.91 Å². The van der Waals surface area contributed by atoms with Crippen LogP contribution in [0.15, 0.2) is 41.0 Å². The second-order valence-corrected chi connectivity index (χ2v) is 6.63. The third kappa shape index (κ3) is 6.47. The maximum atomic E-state index is 12.5. The smallest absolute Gasteiger partial charge is 0.257 e. The Morgan fingerprint density at radius 3 is 2.45 bits per heavy atom. The molecule has 2 aromatic rings. The Morgan fingerprint density at radius 1 is 1.14 bits per heavy atom. The number of rotatable bonds is 6. The number of anilines is 1. The molecule has 1 aliphatic heterocycles.